The second-order valence-electron chi connectivity index (χ2n) is 5.58. The number of benzene rings is 1. The minimum atomic E-state index is 0.762. The Morgan fingerprint density at radius 1 is 1.30 bits per heavy atom. The summed E-state index contributed by atoms with van der Waals surface area (Å²) in [5, 5.41) is 3.56. The van der Waals surface area contributed by atoms with Gasteiger partial charge in [-0.2, -0.15) is 0 Å². The van der Waals surface area contributed by atoms with E-state index in [1.54, 1.807) is 14.2 Å². The summed E-state index contributed by atoms with van der Waals surface area (Å²) in [5.41, 5.74) is 1.18. The van der Waals surface area contributed by atoms with E-state index in [4.69, 9.17) is 9.47 Å². The lowest BCUT2D eigenvalue weighted by atomic mass is 9.98. The van der Waals surface area contributed by atoms with Crippen molar-refractivity contribution in [3.63, 3.8) is 0 Å². The van der Waals surface area contributed by atoms with Crippen LogP contribution >= 0.6 is 0 Å². The molecule has 1 aliphatic heterocycles. The largest absolute Gasteiger partial charge is 0.497 e. The molecule has 112 valence electrons. The van der Waals surface area contributed by atoms with Crippen LogP contribution in [0.15, 0.2) is 18.2 Å². The molecule has 20 heavy (non-hydrogen) atoms. The molecule has 1 aromatic rings. The summed E-state index contributed by atoms with van der Waals surface area (Å²) >= 11 is 0. The quantitative estimate of drug-likeness (QED) is 0.864. The predicted molar refractivity (Wildman–Crippen MR) is 81.5 cm³/mol. The molecule has 0 aliphatic carbocycles. The second-order valence-corrected chi connectivity index (χ2v) is 5.58. The molecule has 4 nitrogen and oxygen atoms in total. The SMILES string of the molecule is COc1ccc(CNCC2CCCN(C)C2)c(OC)c1. The lowest BCUT2D eigenvalue weighted by Crippen LogP contribution is -2.37. The van der Waals surface area contributed by atoms with E-state index in [-0.39, 0.29) is 0 Å². The van der Waals surface area contributed by atoms with Gasteiger partial charge in [0.1, 0.15) is 11.5 Å². The molecular weight excluding hydrogens is 252 g/mol. The molecule has 0 amide bonds. The summed E-state index contributed by atoms with van der Waals surface area (Å²) in [4.78, 5) is 2.42. The Morgan fingerprint density at radius 2 is 2.15 bits per heavy atom. The van der Waals surface area contributed by atoms with Crippen LogP contribution in [0, 0.1) is 5.92 Å². The third-order valence-corrected chi connectivity index (χ3v) is 3.96. The molecule has 1 aliphatic rings. The number of nitrogens with zero attached hydrogens (tertiary/aromatic N) is 1. The first-order chi connectivity index (χ1) is 9.72. The fraction of sp³-hybridized carbons (Fsp3) is 0.625. The highest BCUT2D eigenvalue weighted by Gasteiger charge is 2.16. The summed E-state index contributed by atoms with van der Waals surface area (Å²) in [5.74, 6) is 2.48. The molecule has 4 heteroatoms. The van der Waals surface area contributed by atoms with Crippen molar-refractivity contribution in [1.82, 2.24) is 10.2 Å². The van der Waals surface area contributed by atoms with Crippen molar-refractivity contribution >= 4 is 0 Å². The minimum Gasteiger partial charge on any atom is -0.497 e. The molecule has 0 bridgehead atoms. The molecule has 0 saturated carbocycles. The van der Waals surface area contributed by atoms with E-state index in [2.05, 4.69) is 23.3 Å². The zero-order valence-electron chi connectivity index (χ0n) is 12.8. The van der Waals surface area contributed by atoms with Crippen molar-refractivity contribution in [2.75, 3.05) is 40.9 Å². The highest BCUT2D eigenvalue weighted by Crippen LogP contribution is 2.24. The number of hydrogen-bond donors (Lipinski definition) is 1. The fourth-order valence-electron chi connectivity index (χ4n) is 2.85. The zero-order valence-corrected chi connectivity index (χ0v) is 12.8. The van der Waals surface area contributed by atoms with Gasteiger partial charge in [-0.05, 0) is 45.0 Å². The van der Waals surface area contributed by atoms with E-state index < -0.39 is 0 Å². The Bertz CT molecular complexity index is 423. The summed E-state index contributed by atoms with van der Waals surface area (Å²) in [6.07, 6.45) is 2.64. The van der Waals surface area contributed by atoms with Crippen LogP contribution in [0.1, 0.15) is 18.4 Å². The standard InChI is InChI=1S/C16H26N2O2/c1-18-8-4-5-13(12-18)10-17-11-14-6-7-15(19-2)9-16(14)20-3/h6-7,9,13,17H,4-5,8,10-12H2,1-3H3. The molecule has 0 aromatic heterocycles. The lowest BCUT2D eigenvalue weighted by molar-refractivity contribution is 0.206. The summed E-state index contributed by atoms with van der Waals surface area (Å²) in [6, 6.07) is 5.98. The van der Waals surface area contributed by atoms with Gasteiger partial charge in [-0.25, -0.2) is 0 Å². The van der Waals surface area contributed by atoms with Crippen molar-refractivity contribution in [1.29, 1.82) is 0 Å². The maximum Gasteiger partial charge on any atom is 0.127 e. The lowest BCUT2D eigenvalue weighted by Gasteiger charge is -2.29. The highest BCUT2D eigenvalue weighted by atomic mass is 16.5. The van der Waals surface area contributed by atoms with Gasteiger partial charge in [0.2, 0.25) is 0 Å². The molecule has 1 N–H and O–H groups in total. The number of ether oxygens (including phenoxy) is 2. The van der Waals surface area contributed by atoms with Crippen LogP contribution in [0.5, 0.6) is 11.5 Å². The van der Waals surface area contributed by atoms with Gasteiger partial charge in [-0.1, -0.05) is 6.07 Å². The van der Waals surface area contributed by atoms with Gasteiger partial charge >= 0.3 is 0 Å². The van der Waals surface area contributed by atoms with Crippen LogP contribution in [0.25, 0.3) is 0 Å². The third kappa shape index (κ3) is 4.12. The monoisotopic (exact) mass is 278 g/mol. The molecule has 1 unspecified atom stereocenters. The first-order valence-electron chi connectivity index (χ1n) is 7.33. The molecular formula is C16H26N2O2. The Hall–Kier alpha value is -1.26. The predicted octanol–water partition coefficient (Wildman–Crippen LogP) is 2.14. The molecule has 1 fully saturated rings. The molecule has 1 heterocycles. The maximum atomic E-state index is 5.42. The van der Waals surface area contributed by atoms with Crippen molar-refractivity contribution in [2.24, 2.45) is 5.92 Å². The summed E-state index contributed by atoms with van der Waals surface area (Å²) in [7, 11) is 5.58. The topological polar surface area (TPSA) is 33.7 Å². The Kier molecular flexibility index (Phi) is 5.68. The van der Waals surface area contributed by atoms with Crippen molar-refractivity contribution in [2.45, 2.75) is 19.4 Å². The minimum absolute atomic E-state index is 0.762. The van der Waals surface area contributed by atoms with E-state index in [0.29, 0.717) is 0 Å². The molecule has 1 saturated heterocycles. The van der Waals surface area contributed by atoms with Gasteiger partial charge < -0.3 is 19.7 Å². The van der Waals surface area contributed by atoms with Gasteiger partial charge in [0.15, 0.2) is 0 Å². The van der Waals surface area contributed by atoms with E-state index in [0.717, 1.165) is 30.5 Å². The van der Waals surface area contributed by atoms with Gasteiger partial charge in [0, 0.05) is 24.7 Å². The van der Waals surface area contributed by atoms with Crippen LogP contribution in [0.2, 0.25) is 0 Å². The van der Waals surface area contributed by atoms with Crippen LogP contribution in [0.3, 0.4) is 0 Å². The Morgan fingerprint density at radius 3 is 2.85 bits per heavy atom. The van der Waals surface area contributed by atoms with Crippen molar-refractivity contribution in [3.05, 3.63) is 23.8 Å². The highest BCUT2D eigenvalue weighted by molar-refractivity contribution is 5.40. The number of rotatable bonds is 6. The summed E-state index contributed by atoms with van der Waals surface area (Å²) < 4.78 is 10.6. The number of methoxy groups -OCH3 is 2. The van der Waals surface area contributed by atoms with Gasteiger partial charge in [0.25, 0.3) is 0 Å². The third-order valence-electron chi connectivity index (χ3n) is 3.96. The molecule has 0 spiro atoms. The molecule has 1 atom stereocenters. The van der Waals surface area contributed by atoms with E-state index in [1.807, 2.05) is 12.1 Å². The van der Waals surface area contributed by atoms with Crippen LogP contribution in [0.4, 0.5) is 0 Å². The Balaban J connectivity index is 1.84. The zero-order chi connectivity index (χ0) is 14.4. The van der Waals surface area contributed by atoms with Crippen LogP contribution in [-0.4, -0.2) is 45.8 Å². The number of hydrogen-bond acceptors (Lipinski definition) is 4. The van der Waals surface area contributed by atoms with Gasteiger partial charge in [-0.3, -0.25) is 0 Å². The fourth-order valence-corrected chi connectivity index (χ4v) is 2.85. The average molecular weight is 278 g/mol. The smallest absolute Gasteiger partial charge is 0.127 e. The number of likely N-dealkylation sites (tertiary alicyclic amines) is 1. The van der Waals surface area contributed by atoms with Crippen molar-refractivity contribution in [3.8, 4) is 11.5 Å². The average Bonchev–Trinajstić information content (AvgIpc) is 2.47. The maximum absolute atomic E-state index is 5.42. The van der Waals surface area contributed by atoms with E-state index in [9.17, 15) is 0 Å². The molecule has 0 radical (unpaired) electrons. The van der Waals surface area contributed by atoms with Crippen LogP contribution in [-0.2, 0) is 6.54 Å². The molecule has 1 aromatic carbocycles. The number of nitrogens with one attached hydrogen (secondary N) is 1. The molecule has 2 rings (SSSR count). The second kappa shape index (κ2) is 7.50. The number of piperidine rings is 1. The van der Waals surface area contributed by atoms with E-state index in [1.165, 1.54) is 31.5 Å². The first kappa shape index (κ1) is 15.1. The van der Waals surface area contributed by atoms with Gasteiger partial charge in [0.05, 0.1) is 14.2 Å². The first-order valence-corrected chi connectivity index (χ1v) is 7.33. The van der Waals surface area contributed by atoms with E-state index >= 15 is 0 Å². The normalized spacial score (nSPS) is 19.9. The van der Waals surface area contributed by atoms with Crippen molar-refractivity contribution < 1.29 is 9.47 Å². The van der Waals surface area contributed by atoms with Crippen LogP contribution < -0.4 is 14.8 Å². The Labute approximate surface area is 122 Å². The van der Waals surface area contributed by atoms with Gasteiger partial charge in [-0.15, -0.1) is 0 Å². The summed E-state index contributed by atoms with van der Waals surface area (Å²) in [6.45, 7) is 4.35.